The van der Waals surface area contributed by atoms with Crippen molar-refractivity contribution in [3.8, 4) is 0 Å². The number of β-amino-alcohol motifs (C(OH)–C–C–N with tert-alkyl or cyclic N) is 1. The highest BCUT2D eigenvalue weighted by Crippen LogP contribution is 2.29. The first-order valence-electron chi connectivity index (χ1n) is 6.81. The van der Waals surface area contributed by atoms with Crippen LogP contribution < -0.4 is 5.73 Å². The number of aliphatic hydroxyl groups is 1. The number of pyridine rings is 1. The summed E-state index contributed by atoms with van der Waals surface area (Å²) in [7, 11) is -3.68. The van der Waals surface area contributed by atoms with Crippen LogP contribution in [0, 0.1) is 0 Å². The van der Waals surface area contributed by atoms with E-state index >= 15 is 0 Å². The molecule has 6 nitrogen and oxygen atoms in total. The van der Waals surface area contributed by atoms with Gasteiger partial charge in [0, 0.05) is 30.4 Å². The Morgan fingerprint density at radius 1 is 1.33 bits per heavy atom. The van der Waals surface area contributed by atoms with Crippen LogP contribution in [0.3, 0.4) is 0 Å². The summed E-state index contributed by atoms with van der Waals surface area (Å²) in [5, 5.41) is 10.3. The molecular formula is C14H17N3O3S. The molecule has 1 aliphatic rings. The van der Waals surface area contributed by atoms with Crippen molar-refractivity contribution in [1.82, 2.24) is 9.29 Å². The van der Waals surface area contributed by atoms with Gasteiger partial charge in [0.25, 0.3) is 0 Å². The van der Waals surface area contributed by atoms with Gasteiger partial charge in [0.05, 0.1) is 11.6 Å². The Kier molecular flexibility index (Phi) is 3.56. The van der Waals surface area contributed by atoms with Gasteiger partial charge < -0.3 is 10.8 Å². The second kappa shape index (κ2) is 5.25. The highest BCUT2D eigenvalue weighted by Gasteiger charge is 2.31. The molecule has 0 spiro atoms. The van der Waals surface area contributed by atoms with Gasteiger partial charge in [0.2, 0.25) is 10.0 Å². The molecule has 1 aliphatic heterocycles. The van der Waals surface area contributed by atoms with Crippen molar-refractivity contribution in [2.75, 3.05) is 18.8 Å². The summed E-state index contributed by atoms with van der Waals surface area (Å²) in [6.07, 6.45) is 2.22. The lowest BCUT2D eigenvalue weighted by atomic mass is 10.1. The summed E-state index contributed by atoms with van der Waals surface area (Å²) in [6.45, 7) is 0.541. The van der Waals surface area contributed by atoms with E-state index in [4.69, 9.17) is 5.73 Å². The molecule has 0 radical (unpaired) electrons. The Balaban J connectivity index is 2.13. The van der Waals surface area contributed by atoms with Gasteiger partial charge in [-0.2, -0.15) is 4.31 Å². The Bertz CT molecular complexity index is 776. The fourth-order valence-electron chi connectivity index (χ4n) is 2.66. The van der Waals surface area contributed by atoms with Gasteiger partial charge in [-0.1, -0.05) is 0 Å². The van der Waals surface area contributed by atoms with Crippen molar-refractivity contribution in [3.63, 3.8) is 0 Å². The molecule has 0 saturated carbocycles. The minimum Gasteiger partial charge on any atom is -0.398 e. The molecular weight excluding hydrogens is 290 g/mol. The Morgan fingerprint density at radius 3 is 2.90 bits per heavy atom. The van der Waals surface area contributed by atoms with Crippen LogP contribution in [0.4, 0.5) is 5.69 Å². The number of nitrogens with two attached hydrogens (primary N) is 1. The summed E-state index contributed by atoms with van der Waals surface area (Å²) in [5.41, 5.74) is 6.75. The van der Waals surface area contributed by atoms with E-state index in [-0.39, 0.29) is 11.4 Å². The zero-order valence-electron chi connectivity index (χ0n) is 11.4. The lowest BCUT2D eigenvalue weighted by molar-refractivity contribution is 0.108. The van der Waals surface area contributed by atoms with Gasteiger partial charge >= 0.3 is 0 Å². The summed E-state index contributed by atoms with van der Waals surface area (Å²) >= 11 is 0. The topological polar surface area (TPSA) is 96.5 Å². The molecule has 112 valence electrons. The number of fused-ring (bicyclic) bond motifs is 1. The lowest BCUT2D eigenvalue weighted by Gasteiger charge is -2.29. The van der Waals surface area contributed by atoms with Gasteiger partial charge in [-0.05, 0) is 37.1 Å². The molecule has 1 aromatic carbocycles. The number of anilines is 1. The number of piperidine rings is 1. The summed E-state index contributed by atoms with van der Waals surface area (Å²) in [4.78, 5) is 4.31. The largest absolute Gasteiger partial charge is 0.398 e. The number of hydrogen-bond donors (Lipinski definition) is 2. The predicted molar refractivity (Wildman–Crippen MR) is 80.2 cm³/mol. The SMILES string of the molecule is Nc1ccc(S(=O)(=O)N2CCC[C@H](O)C2)c2ncccc12. The van der Waals surface area contributed by atoms with Crippen molar-refractivity contribution in [2.45, 2.75) is 23.8 Å². The van der Waals surface area contributed by atoms with Crippen molar-refractivity contribution < 1.29 is 13.5 Å². The Morgan fingerprint density at radius 2 is 2.14 bits per heavy atom. The Hall–Kier alpha value is -1.70. The maximum absolute atomic E-state index is 12.8. The number of nitrogen functional groups attached to an aromatic ring is 1. The summed E-state index contributed by atoms with van der Waals surface area (Å²) in [5.74, 6) is 0. The van der Waals surface area contributed by atoms with Crippen molar-refractivity contribution in [1.29, 1.82) is 0 Å². The fraction of sp³-hybridized carbons (Fsp3) is 0.357. The highest BCUT2D eigenvalue weighted by atomic mass is 32.2. The van der Waals surface area contributed by atoms with Gasteiger partial charge in [0.1, 0.15) is 4.90 Å². The smallest absolute Gasteiger partial charge is 0.245 e. The molecule has 1 aromatic heterocycles. The minimum atomic E-state index is -3.68. The molecule has 0 bridgehead atoms. The first kappa shape index (κ1) is 14.2. The number of aliphatic hydroxyl groups excluding tert-OH is 1. The Labute approximate surface area is 123 Å². The maximum atomic E-state index is 12.8. The van der Waals surface area contributed by atoms with E-state index in [0.29, 0.717) is 36.0 Å². The van der Waals surface area contributed by atoms with Crippen molar-refractivity contribution in [2.24, 2.45) is 0 Å². The molecule has 3 N–H and O–H groups in total. The quantitative estimate of drug-likeness (QED) is 0.806. The standard InChI is InChI=1S/C14H17N3O3S/c15-12-5-6-13(14-11(12)4-1-7-16-14)21(19,20)17-8-2-3-10(18)9-17/h1,4-7,10,18H,2-3,8-9,15H2/t10-/m0/s1. The second-order valence-electron chi connectivity index (χ2n) is 5.21. The van der Waals surface area contributed by atoms with Crippen LogP contribution in [0.25, 0.3) is 10.9 Å². The number of sulfonamides is 1. The zero-order chi connectivity index (χ0) is 15.0. The second-order valence-corrected chi connectivity index (χ2v) is 7.12. The summed E-state index contributed by atoms with van der Waals surface area (Å²) in [6, 6.07) is 6.54. The van der Waals surface area contributed by atoms with Crippen LogP contribution in [-0.2, 0) is 10.0 Å². The monoisotopic (exact) mass is 307 g/mol. The van der Waals surface area contributed by atoms with Crippen molar-refractivity contribution >= 4 is 26.6 Å². The van der Waals surface area contributed by atoms with Gasteiger partial charge in [0.15, 0.2) is 0 Å². The lowest BCUT2D eigenvalue weighted by Crippen LogP contribution is -2.42. The van der Waals surface area contributed by atoms with E-state index < -0.39 is 16.1 Å². The third-order valence-electron chi connectivity index (χ3n) is 3.74. The van der Waals surface area contributed by atoms with Crippen LogP contribution in [0.1, 0.15) is 12.8 Å². The average molecular weight is 307 g/mol. The van der Waals surface area contributed by atoms with Crippen LogP contribution in [-0.4, -0.2) is 42.0 Å². The average Bonchev–Trinajstić information content (AvgIpc) is 2.47. The van der Waals surface area contributed by atoms with E-state index in [1.54, 1.807) is 24.4 Å². The van der Waals surface area contributed by atoms with Gasteiger partial charge in [-0.3, -0.25) is 4.98 Å². The first-order chi connectivity index (χ1) is 10.00. The van der Waals surface area contributed by atoms with Crippen LogP contribution >= 0.6 is 0 Å². The number of aromatic nitrogens is 1. The molecule has 1 saturated heterocycles. The van der Waals surface area contributed by atoms with Gasteiger partial charge in [-0.25, -0.2) is 8.42 Å². The normalized spacial score (nSPS) is 20.7. The van der Waals surface area contributed by atoms with E-state index in [0.717, 1.165) is 0 Å². The van der Waals surface area contributed by atoms with Crippen molar-refractivity contribution in [3.05, 3.63) is 30.5 Å². The fourth-order valence-corrected chi connectivity index (χ4v) is 4.32. The molecule has 3 rings (SSSR count). The highest BCUT2D eigenvalue weighted by molar-refractivity contribution is 7.89. The molecule has 2 heterocycles. The van der Waals surface area contributed by atoms with Crippen LogP contribution in [0.5, 0.6) is 0 Å². The molecule has 1 atom stereocenters. The molecule has 2 aromatic rings. The van der Waals surface area contributed by atoms with E-state index in [1.165, 1.54) is 10.4 Å². The van der Waals surface area contributed by atoms with Crippen LogP contribution in [0.2, 0.25) is 0 Å². The molecule has 7 heteroatoms. The molecule has 0 amide bonds. The summed E-state index contributed by atoms with van der Waals surface area (Å²) < 4.78 is 26.9. The molecule has 1 fully saturated rings. The molecule has 0 aliphatic carbocycles. The maximum Gasteiger partial charge on any atom is 0.245 e. The third kappa shape index (κ3) is 2.48. The molecule has 0 unspecified atom stereocenters. The zero-order valence-corrected chi connectivity index (χ0v) is 12.3. The van der Waals surface area contributed by atoms with E-state index in [1.807, 2.05) is 0 Å². The van der Waals surface area contributed by atoms with E-state index in [9.17, 15) is 13.5 Å². The number of benzene rings is 1. The number of rotatable bonds is 2. The minimum absolute atomic E-state index is 0.126. The number of hydrogen-bond acceptors (Lipinski definition) is 5. The number of nitrogens with zero attached hydrogens (tertiary/aromatic N) is 2. The van der Waals surface area contributed by atoms with E-state index in [2.05, 4.69) is 4.98 Å². The van der Waals surface area contributed by atoms with Crippen LogP contribution in [0.15, 0.2) is 35.4 Å². The molecule has 21 heavy (non-hydrogen) atoms. The third-order valence-corrected chi connectivity index (χ3v) is 5.64. The van der Waals surface area contributed by atoms with Gasteiger partial charge in [-0.15, -0.1) is 0 Å². The first-order valence-corrected chi connectivity index (χ1v) is 8.25. The predicted octanol–water partition coefficient (Wildman–Crippen LogP) is 0.962.